The molecule has 2 rings (SSSR count). The molecule has 0 bridgehead atoms. The quantitative estimate of drug-likeness (QED) is 0.418. The molecule has 2 unspecified atom stereocenters. The third kappa shape index (κ3) is 2.43. The summed E-state index contributed by atoms with van der Waals surface area (Å²) in [4.78, 5) is 47.7. The van der Waals surface area contributed by atoms with Crippen molar-refractivity contribution < 1.29 is 23.9 Å². The fourth-order valence-corrected chi connectivity index (χ4v) is 2.58. The van der Waals surface area contributed by atoms with E-state index in [9.17, 15) is 19.2 Å². The summed E-state index contributed by atoms with van der Waals surface area (Å²) in [6.07, 6.45) is 4.75. The van der Waals surface area contributed by atoms with Crippen molar-refractivity contribution >= 4 is 23.7 Å². The van der Waals surface area contributed by atoms with Crippen LogP contribution < -0.4 is 5.73 Å². The Morgan fingerprint density at radius 2 is 1.80 bits per heavy atom. The van der Waals surface area contributed by atoms with Crippen molar-refractivity contribution in [3.63, 3.8) is 0 Å². The number of carbonyl (C=O) groups is 4. The molecule has 3 atom stereocenters. The van der Waals surface area contributed by atoms with Gasteiger partial charge >= 0.3 is 5.97 Å². The summed E-state index contributed by atoms with van der Waals surface area (Å²) in [5.41, 5.74) is 4.87. The average Bonchev–Trinajstić information content (AvgIpc) is 2.68. The first-order chi connectivity index (χ1) is 9.43. The van der Waals surface area contributed by atoms with Crippen LogP contribution in [0.1, 0.15) is 19.8 Å². The van der Waals surface area contributed by atoms with E-state index in [0.29, 0.717) is 12.8 Å². The maximum atomic E-state index is 12.2. The molecule has 1 saturated heterocycles. The van der Waals surface area contributed by atoms with Crippen molar-refractivity contribution in [1.29, 1.82) is 0 Å². The number of allylic oxidation sites excluding steroid dienone is 2. The zero-order valence-electron chi connectivity index (χ0n) is 11.1. The molecule has 3 amide bonds. The molecule has 7 heteroatoms. The van der Waals surface area contributed by atoms with Gasteiger partial charge in [0, 0.05) is 0 Å². The number of rotatable bonds is 4. The molecule has 2 aliphatic rings. The number of hydrogen-bond acceptors (Lipinski definition) is 5. The number of nitrogens with zero attached hydrogens (tertiary/aromatic N) is 1. The van der Waals surface area contributed by atoms with E-state index in [-0.39, 0.29) is 23.7 Å². The topological polar surface area (TPSA) is 107 Å². The van der Waals surface area contributed by atoms with Crippen LogP contribution in [-0.2, 0) is 23.9 Å². The Labute approximate surface area is 115 Å². The first-order valence-corrected chi connectivity index (χ1v) is 6.40. The van der Waals surface area contributed by atoms with Gasteiger partial charge in [0.05, 0.1) is 11.8 Å². The third-order valence-electron chi connectivity index (χ3n) is 3.63. The van der Waals surface area contributed by atoms with E-state index >= 15 is 0 Å². The number of amides is 3. The molecule has 0 radical (unpaired) electrons. The van der Waals surface area contributed by atoms with Gasteiger partial charge in [-0.05, 0) is 19.8 Å². The summed E-state index contributed by atoms with van der Waals surface area (Å²) < 4.78 is 4.65. The minimum absolute atomic E-state index is 0.354. The normalized spacial score (nSPS) is 26.4. The molecule has 7 nitrogen and oxygen atoms in total. The van der Waals surface area contributed by atoms with Crippen LogP contribution in [0.25, 0.3) is 0 Å². The number of hydrogen-bond donors (Lipinski definition) is 1. The summed E-state index contributed by atoms with van der Waals surface area (Å²) in [5, 5.41) is 0. The second-order valence-corrected chi connectivity index (χ2v) is 4.95. The molecule has 1 fully saturated rings. The highest BCUT2D eigenvalue weighted by molar-refractivity contribution is 6.08. The van der Waals surface area contributed by atoms with Crippen LogP contribution in [0.2, 0.25) is 0 Å². The molecule has 0 saturated carbocycles. The van der Waals surface area contributed by atoms with Crippen LogP contribution in [-0.4, -0.2) is 41.2 Å². The molecule has 2 N–H and O–H groups in total. The van der Waals surface area contributed by atoms with Gasteiger partial charge in [-0.15, -0.1) is 0 Å². The van der Waals surface area contributed by atoms with Crippen molar-refractivity contribution in [3.8, 4) is 0 Å². The second-order valence-electron chi connectivity index (χ2n) is 4.95. The number of carbonyl (C=O) groups excluding carboxylic acids is 4. The molecule has 20 heavy (non-hydrogen) atoms. The predicted octanol–water partition coefficient (Wildman–Crippen LogP) is -0.645. The Kier molecular flexibility index (Phi) is 3.87. The van der Waals surface area contributed by atoms with Crippen LogP contribution in [0.3, 0.4) is 0 Å². The van der Waals surface area contributed by atoms with Gasteiger partial charge in [-0.3, -0.25) is 19.3 Å². The predicted molar refractivity (Wildman–Crippen MR) is 66.8 cm³/mol. The molecule has 0 aromatic carbocycles. The highest BCUT2D eigenvalue weighted by Gasteiger charge is 2.50. The van der Waals surface area contributed by atoms with Gasteiger partial charge in [-0.25, -0.2) is 4.79 Å². The Morgan fingerprint density at radius 1 is 1.30 bits per heavy atom. The maximum absolute atomic E-state index is 12.2. The molecule has 1 heterocycles. The lowest BCUT2D eigenvalue weighted by Gasteiger charge is -2.21. The molecule has 0 aromatic rings. The summed E-state index contributed by atoms with van der Waals surface area (Å²) >= 11 is 0. The molecular formula is C13H16N2O5. The van der Waals surface area contributed by atoms with Crippen molar-refractivity contribution in [2.45, 2.75) is 25.8 Å². The van der Waals surface area contributed by atoms with Gasteiger partial charge in [0.2, 0.25) is 11.8 Å². The van der Waals surface area contributed by atoms with E-state index in [0.717, 1.165) is 4.90 Å². The fourth-order valence-electron chi connectivity index (χ4n) is 2.58. The van der Waals surface area contributed by atoms with Gasteiger partial charge in [-0.2, -0.15) is 0 Å². The molecule has 0 spiro atoms. The van der Waals surface area contributed by atoms with E-state index in [2.05, 4.69) is 4.74 Å². The van der Waals surface area contributed by atoms with Gasteiger partial charge in [0.25, 0.3) is 5.91 Å². The molecule has 108 valence electrons. The monoisotopic (exact) mass is 280 g/mol. The number of esters is 1. The number of fused-ring (bicyclic) bond motifs is 1. The van der Waals surface area contributed by atoms with Gasteiger partial charge in [-0.1, -0.05) is 12.2 Å². The third-order valence-corrected chi connectivity index (χ3v) is 3.63. The zero-order chi connectivity index (χ0) is 14.9. The number of ether oxygens (including phenoxy) is 1. The van der Waals surface area contributed by atoms with E-state index < -0.39 is 24.5 Å². The Bertz CT molecular complexity index is 473. The summed E-state index contributed by atoms with van der Waals surface area (Å²) in [5.74, 6) is -3.09. The molecule has 0 aromatic heterocycles. The maximum Gasteiger partial charge on any atom is 0.329 e. The first kappa shape index (κ1) is 14.2. The van der Waals surface area contributed by atoms with Crippen LogP contribution >= 0.6 is 0 Å². The minimum atomic E-state index is -1.04. The zero-order valence-corrected chi connectivity index (χ0v) is 11.1. The number of nitrogens with two attached hydrogens (primary N) is 1. The highest BCUT2D eigenvalue weighted by Crippen LogP contribution is 2.36. The molecule has 1 aliphatic heterocycles. The Morgan fingerprint density at radius 3 is 2.25 bits per heavy atom. The highest BCUT2D eigenvalue weighted by atomic mass is 16.5. The first-order valence-electron chi connectivity index (χ1n) is 6.40. The summed E-state index contributed by atoms with van der Waals surface area (Å²) in [7, 11) is 0. The van der Waals surface area contributed by atoms with Crippen molar-refractivity contribution in [1.82, 2.24) is 4.90 Å². The van der Waals surface area contributed by atoms with E-state index in [4.69, 9.17) is 5.73 Å². The largest absolute Gasteiger partial charge is 0.454 e. The standard InChI is InChI=1S/C13H16N2O5/c1-7(13(19)20-6-10(14)16)15-11(17)8-4-2-3-5-9(8)12(15)18/h2-3,7-9H,4-6H2,1H3,(H2,14,16)/t7-,8?,9?/m0/s1. The minimum Gasteiger partial charge on any atom is -0.454 e. The fraction of sp³-hybridized carbons (Fsp3) is 0.538. The van der Waals surface area contributed by atoms with E-state index in [1.165, 1.54) is 6.92 Å². The summed E-state index contributed by atoms with van der Waals surface area (Å²) in [6.45, 7) is 0.845. The van der Waals surface area contributed by atoms with E-state index in [1.54, 1.807) is 0 Å². The van der Waals surface area contributed by atoms with Crippen LogP contribution in [0.4, 0.5) is 0 Å². The van der Waals surface area contributed by atoms with Crippen molar-refractivity contribution in [2.24, 2.45) is 17.6 Å². The van der Waals surface area contributed by atoms with Gasteiger partial charge in [0.15, 0.2) is 6.61 Å². The van der Waals surface area contributed by atoms with Crippen LogP contribution in [0.5, 0.6) is 0 Å². The van der Waals surface area contributed by atoms with Crippen molar-refractivity contribution in [2.75, 3.05) is 6.61 Å². The smallest absolute Gasteiger partial charge is 0.329 e. The molecular weight excluding hydrogens is 264 g/mol. The van der Waals surface area contributed by atoms with Crippen molar-refractivity contribution in [3.05, 3.63) is 12.2 Å². The lowest BCUT2D eigenvalue weighted by molar-refractivity contribution is -0.159. The number of imide groups is 1. The SMILES string of the molecule is C[C@@H](C(=O)OCC(N)=O)N1C(=O)C2CC=CCC2C1=O. The second kappa shape index (κ2) is 5.44. The Balaban J connectivity index is 2.08. The van der Waals surface area contributed by atoms with Crippen LogP contribution in [0, 0.1) is 11.8 Å². The number of primary amides is 1. The summed E-state index contributed by atoms with van der Waals surface area (Å²) in [6, 6.07) is -1.04. The molecule has 1 aliphatic carbocycles. The van der Waals surface area contributed by atoms with Gasteiger partial charge < -0.3 is 10.5 Å². The van der Waals surface area contributed by atoms with Gasteiger partial charge in [0.1, 0.15) is 6.04 Å². The lowest BCUT2D eigenvalue weighted by Crippen LogP contribution is -2.45. The van der Waals surface area contributed by atoms with E-state index in [1.807, 2.05) is 12.2 Å². The number of likely N-dealkylation sites (tertiary alicyclic amines) is 1. The Hall–Kier alpha value is -2.18. The van der Waals surface area contributed by atoms with Crippen LogP contribution in [0.15, 0.2) is 12.2 Å². The average molecular weight is 280 g/mol. The lowest BCUT2D eigenvalue weighted by atomic mass is 9.85.